The number of cyclic esters (lactones) is 1. The zero-order valence-electron chi connectivity index (χ0n) is 20.7. The highest BCUT2D eigenvalue weighted by molar-refractivity contribution is 5.88. The van der Waals surface area contributed by atoms with Crippen LogP contribution in [-0.4, -0.2) is 45.3 Å². The third kappa shape index (κ3) is 7.37. The van der Waals surface area contributed by atoms with Crippen molar-refractivity contribution >= 4 is 17.8 Å². The second kappa shape index (κ2) is 11.7. The number of aliphatic hydroxyl groups excluding tert-OH is 2. The van der Waals surface area contributed by atoms with Crippen molar-refractivity contribution in [2.75, 3.05) is 0 Å². The standard InChI is InChI=1S/C26H39NO6/c1-16-11-9-7-8-10-12-21(17(2)13-20-15-32-19(4)27-20)33-23(29)14-22(28)26(5,6)25(31)18(3)24(16)30/h8,10,13,15-16,18,21-22,24,28,30H,7,9,11-12,14H2,1-6H3/b10-8-,17-13+/t16-,18+,21-,22+,24+/m1/s1. The smallest absolute Gasteiger partial charge is 0.309 e. The number of carbonyl (C=O) groups is 2. The Labute approximate surface area is 196 Å². The van der Waals surface area contributed by atoms with Crippen LogP contribution in [0.3, 0.4) is 0 Å². The van der Waals surface area contributed by atoms with Crippen molar-refractivity contribution in [3.05, 3.63) is 35.6 Å². The van der Waals surface area contributed by atoms with Crippen LogP contribution in [0.2, 0.25) is 0 Å². The van der Waals surface area contributed by atoms with E-state index in [1.807, 2.05) is 32.1 Å². The predicted molar refractivity (Wildman–Crippen MR) is 126 cm³/mol. The van der Waals surface area contributed by atoms with E-state index in [1.165, 1.54) is 0 Å². The van der Waals surface area contributed by atoms with Crippen LogP contribution in [-0.2, 0) is 14.3 Å². The molecule has 0 bridgehead atoms. The molecule has 2 N–H and O–H groups in total. The molecule has 1 aliphatic rings. The largest absolute Gasteiger partial charge is 0.457 e. The number of hydrogen-bond acceptors (Lipinski definition) is 7. The van der Waals surface area contributed by atoms with Gasteiger partial charge in [-0.1, -0.05) is 39.8 Å². The fraction of sp³-hybridized carbons (Fsp3) is 0.654. The second-order valence-corrected chi connectivity index (χ2v) is 9.86. The van der Waals surface area contributed by atoms with Gasteiger partial charge in [-0.3, -0.25) is 9.59 Å². The number of allylic oxidation sites excluding steroid dienone is 1. The van der Waals surface area contributed by atoms with Gasteiger partial charge >= 0.3 is 5.97 Å². The molecule has 0 amide bonds. The number of Topliss-reactive ketones (excluding diaryl/α,β-unsaturated/α-hetero) is 1. The van der Waals surface area contributed by atoms with E-state index in [0.29, 0.717) is 18.0 Å². The van der Waals surface area contributed by atoms with Gasteiger partial charge in [-0.15, -0.1) is 0 Å². The first kappa shape index (κ1) is 27.0. The monoisotopic (exact) mass is 461 g/mol. The Morgan fingerprint density at radius 3 is 2.55 bits per heavy atom. The molecule has 5 atom stereocenters. The SMILES string of the molecule is C/C(=C\c1coc(C)n1)[C@H]1C/C=C\CCC[C@@H](C)[C@H](O)[C@H](C)C(=O)C(C)(C)[C@@H](O)CC(=O)O1. The number of aliphatic hydroxyl groups is 2. The lowest BCUT2D eigenvalue weighted by Crippen LogP contribution is -2.45. The van der Waals surface area contributed by atoms with Crippen LogP contribution < -0.4 is 0 Å². The molecular weight excluding hydrogens is 422 g/mol. The van der Waals surface area contributed by atoms with Crippen molar-refractivity contribution in [2.24, 2.45) is 17.3 Å². The molecule has 0 spiro atoms. The van der Waals surface area contributed by atoms with E-state index in [0.717, 1.165) is 24.8 Å². The quantitative estimate of drug-likeness (QED) is 0.496. The van der Waals surface area contributed by atoms with E-state index in [1.54, 1.807) is 34.0 Å². The van der Waals surface area contributed by atoms with Crippen LogP contribution in [0.4, 0.5) is 0 Å². The average Bonchev–Trinajstić information content (AvgIpc) is 3.16. The molecule has 0 radical (unpaired) electrons. The predicted octanol–water partition coefficient (Wildman–Crippen LogP) is 4.41. The number of ether oxygens (including phenoxy) is 1. The minimum atomic E-state index is -1.23. The number of ketones is 1. The summed E-state index contributed by atoms with van der Waals surface area (Å²) < 4.78 is 11.0. The van der Waals surface area contributed by atoms with Crippen molar-refractivity contribution in [1.82, 2.24) is 4.98 Å². The first-order valence-electron chi connectivity index (χ1n) is 11.8. The normalized spacial score (nSPS) is 31.8. The summed E-state index contributed by atoms with van der Waals surface area (Å²) in [5.74, 6) is -0.991. The summed E-state index contributed by atoms with van der Waals surface area (Å²) in [5.41, 5.74) is 0.248. The topological polar surface area (TPSA) is 110 Å². The molecule has 184 valence electrons. The lowest BCUT2D eigenvalue weighted by molar-refractivity contribution is -0.154. The Bertz CT molecular complexity index is 868. The molecule has 0 saturated heterocycles. The molecule has 0 fully saturated rings. The third-order valence-corrected chi connectivity index (χ3v) is 6.68. The van der Waals surface area contributed by atoms with Crippen LogP contribution in [0, 0.1) is 24.2 Å². The molecular formula is C26H39NO6. The maximum absolute atomic E-state index is 13.1. The van der Waals surface area contributed by atoms with E-state index in [-0.39, 0.29) is 18.1 Å². The molecule has 7 heteroatoms. The highest BCUT2D eigenvalue weighted by Gasteiger charge is 2.42. The number of hydrogen-bond donors (Lipinski definition) is 2. The number of carbonyl (C=O) groups excluding carboxylic acids is 2. The van der Waals surface area contributed by atoms with Gasteiger partial charge in [0.25, 0.3) is 0 Å². The van der Waals surface area contributed by atoms with Crippen LogP contribution in [0.25, 0.3) is 6.08 Å². The van der Waals surface area contributed by atoms with Crippen molar-refractivity contribution in [3.8, 4) is 0 Å². The molecule has 0 aromatic carbocycles. The van der Waals surface area contributed by atoms with Crippen molar-refractivity contribution < 1.29 is 29.0 Å². The van der Waals surface area contributed by atoms with Crippen LogP contribution in [0.15, 0.2) is 28.4 Å². The molecule has 33 heavy (non-hydrogen) atoms. The fourth-order valence-electron chi connectivity index (χ4n) is 4.18. The van der Waals surface area contributed by atoms with E-state index in [4.69, 9.17) is 9.15 Å². The minimum Gasteiger partial charge on any atom is -0.457 e. The molecule has 2 rings (SSSR count). The number of oxazole rings is 1. The summed E-state index contributed by atoms with van der Waals surface area (Å²) in [6, 6.07) is 0. The zero-order chi connectivity index (χ0) is 24.8. The number of esters is 1. The lowest BCUT2D eigenvalue weighted by Gasteiger charge is -2.34. The van der Waals surface area contributed by atoms with E-state index < -0.39 is 35.6 Å². The molecule has 2 heterocycles. The van der Waals surface area contributed by atoms with Crippen molar-refractivity contribution in [1.29, 1.82) is 0 Å². The maximum Gasteiger partial charge on any atom is 0.309 e. The summed E-state index contributed by atoms with van der Waals surface area (Å²) in [4.78, 5) is 30.1. The Balaban J connectivity index is 2.27. The summed E-state index contributed by atoms with van der Waals surface area (Å²) in [5, 5.41) is 21.5. The molecule has 0 unspecified atom stereocenters. The van der Waals surface area contributed by atoms with Crippen LogP contribution in [0.1, 0.15) is 78.3 Å². The van der Waals surface area contributed by atoms with Gasteiger partial charge in [0.15, 0.2) is 5.89 Å². The highest BCUT2D eigenvalue weighted by Crippen LogP contribution is 2.32. The molecule has 1 aromatic rings. The minimum absolute atomic E-state index is 0.0491. The average molecular weight is 462 g/mol. The Kier molecular flexibility index (Phi) is 9.61. The maximum atomic E-state index is 13.1. The van der Waals surface area contributed by atoms with Crippen molar-refractivity contribution in [2.45, 2.75) is 92.0 Å². The van der Waals surface area contributed by atoms with Gasteiger partial charge < -0.3 is 19.4 Å². The van der Waals surface area contributed by atoms with Gasteiger partial charge in [0, 0.05) is 19.3 Å². The molecule has 0 aliphatic carbocycles. The van der Waals surface area contributed by atoms with Crippen LogP contribution in [0.5, 0.6) is 0 Å². The summed E-state index contributed by atoms with van der Waals surface area (Å²) in [6.45, 7) is 10.5. The second-order valence-electron chi connectivity index (χ2n) is 9.86. The summed E-state index contributed by atoms with van der Waals surface area (Å²) in [6.07, 6.45) is 7.50. The van der Waals surface area contributed by atoms with E-state index in [2.05, 4.69) is 4.98 Å². The molecule has 1 aromatic heterocycles. The van der Waals surface area contributed by atoms with E-state index in [9.17, 15) is 19.8 Å². The first-order chi connectivity index (χ1) is 15.4. The van der Waals surface area contributed by atoms with Gasteiger partial charge in [0.05, 0.1) is 24.0 Å². The zero-order valence-corrected chi connectivity index (χ0v) is 20.7. The third-order valence-electron chi connectivity index (χ3n) is 6.68. The Morgan fingerprint density at radius 2 is 1.91 bits per heavy atom. The van der Waals surface area contributed by atoms with Crippen LogP contribution >= 0.6 is 0 Å². The molecule has 7 nitrogen and oxygen atoms in total. The number of aromatic nitrogens is 1. The van der Waals surface area contributed by atoms with Gasteiger partial charge in [-0.25, -0.2) is 4.98 Å². The van der Waals surface area contributed by atoms with Gasteiger partial charge in [-0.2, -0.15) is 0 Å². The number of rotatable bonds is 2. The van der Waals surface area contributed by atoms with Gasteiger partial charge in [0.1, 0.15) is 23.8 Å². The van der Waals surface area contributed by atoms with Gasteiger partial charge in [0.2, 0.25) is 0 Å². The fourth-order valence-corrected chi connectivity index (χ4v) is 4.18. The summed E-state index contributed by atoms with van der Waals surface area (Å²) >= 11 is 0. The number of aryl methyl sites for hydroxylation is 1. The highest BCUT2D eigenvalue weighted by atomic mass is 16.5. The summed E-state index contributed by atoms with van der Waals surface area (Å²) in [7, 11) is 0. The Morgan fingerprint density at radius 1 is 1.21 bits per heavy atom. The Hall–Kier alpha value is -2.25. The van der Waals surface area contributed by atoms with Crippen molar-refractivity contribution in [3.63, 3.8) is 0 Å². The van der Waals surface area contributed by atoms with E-state index >= 15 is 0 Å². The molecule has 0 saturated carbocycles. The first-order valence-corrected chi connectivity index (χ1v) is 11.8. The lowest BCUT2D eigenvalue weighted by atomic mass is 9.73. The van der Waals surface area contributed by atoms with Gasteiger partial charge in [-0.05, 0) is 43.8 Å². The number of nitrogens with zero attached hydrogens (tertiary/aromatic N) is 1. The molecule has 1 aliphatic heterocycles.